The summed E-state index contributed by atoms with van der Waals surface area (Å²) in [6.45, 7) is 4.20. The zero-order valence-corrected chi connectivity index (χ0v) is 19.7. The molecule has 0 fully saturated rings. The van der Waals surface area contributed by atoms with Crippen LogP contribution in [0.4, 0.5) is 5.69 Å². The Hall–Kier alpha value is -3.35. The lowest BCUT2D eigenvalue weighted by Gasteiger charge is -2.10. The van der Waals surface area contributed by atoms with Gasteiger partial charge in [-0.05, 0) is 61.4 Å². The van der Waals surface area contributed by atoms with Crippen LogP contribution in [0, 0.1) is 13.8 Å². The number of hydrogen-bond acceptors (Lipinski definition) is 4. The van der Waals surface area contributed by atoms with E-state index in [2.05, 4.69) is 15.8 Å². The molecule has 0 aliphatic heterocycles. The Balaban J connectivity index is 1.57. The summed E-state index contributed by atoms with van der Waals surface area (Å²) in [5.41, 5.74) is 6.56. The predicted molar refractivity (Wildman–Crippen MR) is 132 cm³/mol. The normalized spacial score (nSPS) is 10.8. The fourth-order valence-electron chi connectivity index (χ4n) is 2.91. The lowest BCUT2D eigenvalue weighted by molar-refractivity contribution is -0.126. The summed E-state index contributed by atoms with van der Waals surface area (Å²) < 4.78 is 5.85. The Morgan fingerprint density at radius 1 is 0.970 bits per heavy atom. The Morgan fingerprint density at radius 2 is 1.76 bits per heavy atom. The first-order chi connectivity index (χ1) is 15.8. The van der Waals surface area contributed by atoms with Gasteiger partial charge in [-0.25, -0.2) is 5.43 Å². The molecule has 3 aromatic rings. The van der Waals surface area contributed by atoms with Gasteiger partial charge in [-0.2, -0.15) is 5.10 Å². The molecule has 0 unspecified atom stereocenters. The molecule has 0 radical (unpaired) electrons. The van der Waals surface area contributed by atoms with Crippen molar-refractivity contribution in [3.05, 3.63) is 93.0 Å². The van der Waals surface area contributed by atoms with Crippen molar-refractivity contribution in [1.29, 1.82) is 0 Å². The summed E-state index contributed by atoms with van der Waals surface area (Å²) in [4.78, 5) is 24.2. The highest BCUT2D eigenvalue weighted by Crippen LogP contribution is 2.24. The minimum absolute atomic E-state index is 0.257. The molecule has 0 aliphatic rings. The van der Waals surface area contributed by atoms with Crippen LogP contribution in [0.3, 0.4) is 0 Å². The number of nitrogens with one attached hydrogen (secondary N) is 2. The van der Waals surface area contributed by atoms with E-state index in [0.717, 1.165) is 16.7 Å². The lowest BCUT2D eigenvalue weighted by atomic mass is 10.1. The van der Waals surface area contributed by atoms with E-state index in [9.17, 15) is 9.59 Å². The van der Waals surface area contributed by atoms with Crippen molar-refractivity contribution in [3.8, 4) is 5.75 Å². The van der Waals surface area contributed by atoms with Crippen LogP contribution >= 0.6 is 23.2 Å². The summed E-state index contributed by atoms with van der Waals surface area (Å²) >= 11 is 12.3. The monoisotopic (exact) mass is 483 g/mol. The van der Waals surface area contributed by atoms with Crippen molar-refractivity contribution < 1.29 is 14.3 Å². The maximum absolute atomic E-state index is 12.1. The Kier molecular flexibility index (Phi) is 8.46. The molecule has 0 aromatic heterocycles. The minimum Gasteiger partial charge on any atom is -0.488 e. The number of nitrogens with zero attached hydrogens (tertiary/aromatic N) is 1. The van der Waals surface area contributed by atoms with Gasteiger partial charge in [0.15, 0.2) is 0 Å². The van der Waals surface area contributed by atoms with Gasteiger partial charge < -0.3 is 10.1 Å². The molecule has 170 valence electrons. The summed E-state index contributed by atoms with van der Waals surface area (Å²) in [5, 5.41) is 7.73. The molecule has 0 aliphatic carbocycles. The van der Waals surface area contributed by atoms with E-state index < -0.39 is 11.8 Å². The van der Waals surface area contributed by atoms with Crippen molar-refractivity contribution in [1.82, 2.24) is 5.43 Å². The number of hydrazone groups is 1. The topological polar surface area (TPSA) is 79.8 Å². The second-order valence-electron chi connectivity index (χ2n) is 7.38. The van der Waals surface area contributed by atoms with Gasteiger partial charge in [-0.15, -0.1) is 0 Å². The number of benzene rings is 3. The van der Waals surface area contributed by atoms with Crippen LogP contribution < -0.4 is 15.5 Å². The average Bonchev–Trinajstić information content (AvgIpc) is 2.76. The number of amides is 2. The second-order valence-corrected chi connectivity index (χ2v) is 8.22. The quantitative estimate of drug-likeness (QED) is 0.246. The highest BCUT2D eigenvalue weighted by Gasteiger charge is 2.10. The number of carbonyl (C=O) groups is 2. The number of carbonyl (C=O) groups excluding carboxylic acids is 2. The summed E-state index contributed by atoms with van der Waals surface area (Å²) in [6, 6.07) is 18.0. The molecule has 2 amide bonds. The summed E-state index contributed by atoms with van der Waals surface area (Å²) in [6.07, 6.45) is 1.04. The standard InChI is InChI=1S/C25H23Cl2N3O3/c1-16-7-9-21(11-17(16)2)29-24(31)13-25(32)30-28-14-19-12-20(26)8-10-23(19)33-15-18-5-3-4-6-22(18)27/h3-12,14H,13,15H2,1-2H3,(H,29,31)(H,30,32). The van der Waals surface area contributed by atoms with E-state index in [4.69, 9.17) is 27.9 Å². The molecular weight excluding hydrogens is 461 g/mol. The molecule has 8 heteroatoms. The Morgan fingerprint density at radius 3 is 2.52 bits per heavy atom. The lowest BCUT2D eigenvalue weighted by Crippen LogP contribution is -2.24. The molecule has 6 nitrogen and oxygen atoms in total. The highest BCUT2D eigenvalue weighted by atomic mass is 35.5. The molecule has 0 saturated heterocycles. The smallest absolute Gasteiger partial charge is 0.249 e. The van der Waals surface area contributed by atoms with Crippen molar-refractivity contribution in [3.63, 3.8) is 0 Å². The van der Waals surface area contributed by atoms with Crippen LogP contribution in [0.5, 0.6) is 5.75 Å². The van der Waals surface area contributed by atoms with Gasteiger partial charge >= 0.3 is 0 Å². The summed E-state index contributed by atoms with van der Waals surface area (Å²) in [5.74, 6) is -0.463. The first kappa shape index (κ1) is 24.3. The third kappa shape index (κ3) is 7.34. The summed E-state index contributed by atoms with van der Waals surface area (Å²) in [7, 11) is 0. The van der Waals surface area contributed by atoms with Gasteiger partial charge in [0.25, 0.3) is 0 Å². The van der Waals surface area contributed by atoms with E-state index in [1.807, 2.05) is 44.2 Å². The van der Waals surface area contributed by atoms with Crippen LogP contribution in [0.15, 0.2) is 65.8 Å². The number of hydrogen-bond donors (Lipinski definition) is 2. The molecule has 2 N–H and O–H groups in total. The number of ether oxygens (including phenoxy) is 1. The number of anilines is 1. The molecule has 3 rings (SSSR count). The van der Waals surface area contributed by atoms with Crippen LogP contribution in [0.2, 0.25) is 10.0 Å². The van der Waals surface area contributed by atoms with Gasteiger partial charge in [0.2, 0.25) is 11.8 Å². The first-order valence-corrected chi connectivity index (χ1v) is 10.9. The molecule has 0 heterocycles. The zero-order valence-electron chi connectivity index (χ0n) is 18.2. The van der Waals surface area contributed by atoms with Gasteiger partial charge in [0, 0.05) is 26.9 Å². The van der Waals surface area contributed by atoms with E-state index >= 15 is 0 Å². The SMILES string of the molecule is Cc1ccc(NC(=O)CC(=O)NN=Cc2cc(Cl)ccc2OCc2ccccc2Cl)cc1C. The molecule has 0 bridgehead atoms. The third-order valence-corrected chi connectivity index (χ3v) is 5.42. The van der Waals surface area contributed by atoms with Crippen LogP contribution in [0.1, 0.15) is 28.7 Å². The molecule has 0 atom stereocenters. The van der Waals surface area contributed by atoms with Crippen LogP contribution in [-0.4, -0.2) is 18.0 Å². The first-order valence-electron chi connectivity index (χ1n) is 10.2. The largest absolute Gasteiger partial charge is 0.488 e. The second kappa shape index (κ2) is 11.5. The average molecular weight is 484 g/mol. The van der Waals surface area contributed by atoms with E-state index in [-0.39, 0.29) is 13.0 Å². The van der Waals surface area contributed by atoms with Gasteiger partial charge in [-0.1, -0.05) is 47.5 Å². The van der Waals surface area contributed by atoms with Crippen LogP contribution in [-0.2, 0) is 16.2 Å². The molecular formula is C25H23Cl2N3O3. The predicted octanol–water partition coefficient (Wildman–Crippen LogP) is 5.67. The van der Waals surface area contributed by atoms with Crippen molar-refractivity contribution in [2.45, 2.75) is 26.9 Å². The van der Waals surface area contributed by atoms with Gasteiger partial charge in [0.1, 0.15) is 18.8 Å². The van der Waals surface area contributed by atoms with Crippen molar-refractivity contribution in [2.24, 2.45) is 5.10 Å². The van der Waals surface area contributed by atoms with Gasteiger partial charge in [0.05, 0.1) is 6.21 Å². The van der Waals surface area contributed by atoms with E-state index in [1.165, 1.54) is 6.21 Å². The third-order valence-electron chi connectivity index (χ3n) is 4.82. The Bertz CT molecular complexity index is 1200. The highest BCUT2D eigenvalue weighted by molar-refractivity contribution is 6.31. The maximum atomic E-state index is 12.1. The molecule has 0 saturated carbocycles. The van der Waals surface area contributed by atoms with Crippen molar-refractivity contribution in [2.75, 3.05) is 5.32 Å². The Labute approximate surface area is 202 Å². The van der Waals surface area contributed by atoms with E-state index in [0.29, 0.717) is 27.0 Å². The fraction of sp³-hybridized carbons (Fsp3) is 0.160. The van der Waals surface area contributed by atoms with Crippen molar-refractivity contribution >= 4 is 46.9 Å². The molecule has 0 spiro atoms. The van der Waals surface area contributed by atoms with Gasteiger partial charge in [-0.3, -0.25) is 9.59 Å². The van der Waals surface area contributed by atoms with E-state index in [1.54, 1.807) is 30.3 Å². The molecule has 3 aromatic carbocycles. The number of aryl methyl sites for hydroxylation is 2. The number of rotatable bonds is 8. The van der Waals surface area contributed by atoms with Crippen LogP contribution in [0.25, 0.3) is 0 Å². The molecule has 33 heavy (non-hydrogen) atoms. The fourth-order valence-corrected chi connectivity index (χ4v) is 3.28. The zero-order chi connectivity index (χ0) is 23.8. The minimum atomic E-state index is -0.548. The maximum Gasteiger partial charge on any atom is 0.249 e. The number of halogens is 2.